The molecule has 1 aliphatic rings. The molecule has 1 heterocycles. The third-order valence-electron chi connectivity index (χ3n) is 5.14. The number of rotatable bonds is 7. The van der Waals surface area contributed by atoms with Crippen LogP contribution in [0.2, 0.25) is 0 Å². The lowest BCUT2D eigenvalue weighted by atomic mass is 10.0. The lowest BCUT2D eigenvalue weighted by Gasteiger charge is -2.16. The number of benzene rings is 2. The van der Waals surface area contributed by atoms with Crippen molar-refractivity contribution >= 4 is 29.2 Å². The van der Waals surface area contributed by atoms with Crippen LogP contribution < -0.4 is 10.2 Å². The molecule has 0 bridgehead atoms. The van der Waals surface area contributed by atoms with Gasteiger partial charge in [0.05, 0.1) is 5.92 Å². The molecule has 1 saturated heterocycles. The molecule has 1 atom stereocenters. The number of hydrogen-bond acceptors (Lipinski definition) is 4. The van der Waals surface area contributed by atoms with Crippen molar-refractivity contribution in [3.63, 3.8) is 0 Å². The maximum Gasteiger partial charge on any atom is 0.311 e. The van der Waals surface area contributed by atoms with Crippen LogP contribution in [0.5, 0.6) is 0 Å². The molecule has 29 heavy (non-hydrogen) atoms. The Balaban J connectivity index is 1.56. The van der Waals surface area contributed by atoms with Gasteiger partial charge in [-0.05, 0) is 36.1 Å². The van der Waals surface area contributed by atoms with Gasteiger partial charge >= 0.3 is 5.97 Å². The first kappa shape index (κ1) is 20.6. The van der Waals surface area contributed by atoms with E-state index in [1.54, 1.807) is 4.90 Å². The number of para-hydroxylation sites is 2. The maximum absolute atomic E-state index is 12.4. The van der Waals surface area contributed by atoms with E-state index in [1.165, 1.54) is 0 Å². The van der Waals surface area contributed by atoms with Gasteiger partial charge in [-0.1, -0.05) is 50.2 Å². The second-order valence-electron chi connectivity index (χ2n) is 7.06. The van der Waals surface area contributed by atoms with Crippen molar-refractivity contribution < 1.29 is 19.1 Å². The Kier molecular flexibility index (Phi) is 6.65. The van der Waals surface area contributed by atoms with Crippen LogP contribution in [0.3, 0.4) is 0 Å². The molecule has 0 saturated carbocycles. The van der Waals surface area contributed by atoms with E-state index in [0.29, 0.717) is 0 Å². The van der Waals surface area contributed by atoms with Crippen molar-refractivity contribution in [2.75, 3.05) is 23.4 Å². The molecule has 152 valence electrons. The van der Waals surface area contributed by atoms with E-state index in [0.717, 1.165) is 35.3 Å². The summed E-state index contributed by atoms with van der Waals surface area (Å²) in [6, 6.07) is 15.1. The second kappa shape index (κ2) is 9.37. The van der Waals surface area contributed by atoms with Crippen LogP contribution in [0, 0.1) is 5.92 Å². The van der Waals surface area contributed by atoms with E-state index in [2.05, 4.69) is 5.32 Å². The van der Waals surface area contributed by atoms with Crippen LogP contribution in [0.25, 0.3) is 0 Å². The van der Waals surface area contributed by atoms with Crippen LogP contribution in [0.1, 0.15) is 31.4 Å². The summed E-state index contributed by atoms with van der Waals surface area (Å²) in [7, 11) is 0. The Morgan fingerprint density at radius 2 is 1.69 bits per heavy atom. The number of amides is 2. The monoisotopic (exact) mass is 394 g/mol. The highest BCUT2D eigenvalue weighted by Crippen LogP contribution is 2.26. The fraction of sp³-hybridized carbons (Fsp3) is 0.348. The van der Waals surface area contributed by atoms with E-state index in [-0.39, 0.29) is 31.4 Å². The van der Waals surface area contributed by atoms with Crippen molar-refractivity contribution in [2.45, 2.75) is 33.1 Å². The predicted molar refractivity (Wildman–Crippen MR) is 112 cm³/mol. The highest BCUT2D eigenvalue weighted by atomic mass is 16.5. The Morgan fingerprint density at radius 3 is 2.31 bits per heavy atom. The number of nitrogens with one attached hydrogen (secondary N) is 1. The zero-order valence-electron chi connectivity index (χ0n) is 16.8. The van der Waals surface area contributed by atoms with Crippen molar-refractivity contribution in [3.05, 3.63) is 59.7 Å². The highest BCUT2D eigenvalue weighted by Gasteiger charge is 2.36. The van der Waals surface area contributed by atoms with Gasteiger partial charge in [0.2, 0.25) is 5.91 Å². The lowest BCUT2D eigenvalue weighted by Crippen LogP contribution is -2.28. The number of carbonyl (C=O) groups excluding carboxylic acids is 3. The number of ether oxygens (including phenoxy) is 1. The summed E-state index contributed by atoms with van der Waals surface area (Å²) in [5.41, 5.74) is 3.64. The molecule has 6 heteroatoms. The Labute approximate surface area is 170 Å². The molecule has 6 nitrogen and oxygen atoms in total. The minimum absolute atomic E-state index is 0.0913. The Bertz CT molecular complexity index is 873. The van der Waals surface area contributed by atoms with Gasteiger partial charge in [-0.3, -0.25) is 14.4 Å². The number of aryl methyl sites for hydroxylation is 2. The van der Waals surface area contributed by atoms with Crippen molar-refractivity contribution in [3.8, 4) is 0 Å². The maximum atomic E-state index is 12.4. The minimum Gasteiger partial charge on any atom is -0.455 e. The SMILES string of the molecule is CCc1cccc(CC)c1NC(=O)COC(=O)[C@@H]1CC(=O)N(c2ccccc2)C1. The van der Waals surface area contributed by atoms with Gasteiger partial charge in [-0.15, -0.1) is 0 Å². The molecule has 3 rings (SSSR count). The van der Waals surface area contributed by atoms with Crippen LogP contribution in [0.4, 0.5) is 11.4 Å². The normalized spacial score (nSPS) is 16.0. The molecular weight excluding hydrogens is 368 g/mol. The molecule has 2 aromatic rings. The number of carbonyl (C=O) groups is 3. The molecule has 1 fully saturated rings. The van der Waals surface area contributed by atoms with Crippen molar-refractivity contribution in [1.29, 1.82) is 0 Å². The van der Waals surface area contributed by atoms with E-state index >= 15 is 0 Å². The number of nitrogens with zero attached hydrogens (tertiary/aromatic N) is 1. The molecule has 1 N–H and O–H groups in total. The van der Waals surface area contributed by atoms with Crippen LogP contribution in [-0.2, 0) is 32.0 Å². The first-order chi connectivity index (χ1) is 14.0. The predicted octanol–water partition coefficient (Wildman–Crippen LogP) is 3.35. The fourth-order valence-corrected chi connectivity index (χ4v) is 3.56. The van der Waals surface area contributed by atoms with E-state index in [9.17, 15) is 14.4 Å². The summed E-state index contributed by atoms with van der Waals surface area (Å²) in [5, 5.41) is 2.88. The Hall–Kier alpha value is -3.15. The average Bonchev–Trinajstić information content (AvgIpc) is 3.14. The van der Waals surface area contributed by atoms with Gasteiger partial charge in [-0.25, -0.2) is 0 Å². The number of hydrogen-bond donors (Lipinski definition) is 1. The first-order valence-electron chi connectivity index (χ1n) is 9.96. The zero-order valence-corrected chi connectivity index (χ0v) is 16.8. The van der Waals surface area contributed by atoms with Gasteiger partial charge in [0.25, 0.3) is 5.91 Å². The highest BCUT2D eigenvalue weighted by molar-refractivity contribution is 6.00. The van der Waals surface area contributed by atoms with Gasteiger partial charge in [-0.2, -0.15) is 0 Å². The second-order valence-corrected chi connectivity index (χ2v) is 7.06. The molecule has 0 radical (unpaired) electrons. The van der Waals surface area contributed by atoms with Crippen LogP contribution >= 0.6 is 0 Å². The summed E-state index contributed by atoms with van der Waals surface area (Å²) >= 11 is 0. The van der Waals surface area contributed by atoms with Gasteiger partial charge in [0.15, 0.2) is 6.61 Å². The molecule has 0 aromatic heterocycles. The molecule has 2 amide bonds. The summed E-state index contributed by atoms with van der Waals surface area (Å²) in [6.07, 6.45) is 1.68. The average molecular weight is 394 g/mol. The summed E-state index contributed by atoms with van der Waals surface area (Å²) in [6.45, 7) is 3.96. The van der Waals surface area contributed by atoms with Crippen molar-refractivity contribution in [1.82, 2.24) is 0 Å². The smallest absolute Gasteiger partial charge is 0.311 e. The topological polar surface area (TPSA) is 75.7 Å². The summed E-state index contributed by atoms with van der Waals surface area (Å²) < 4.78 is 5.21. The van der Waals surface area contributed by atoms with Crippen LogP contribution in [-0.4, -0.2) is 30.9 Å². The molecule has 0 aliphatic carbocycles. The van der Waals surface area contributed by atoms with E-state index in [1.807, 2.05) is 62.4 Å². The fourth-order valence-electron chi connectivity index (χ4n) is 3.56. The molecular formula is C23H26N2O4. The molecule has 2 aromatic carbocycles. The summed E-state index contributed by atoms with van der Waals surface area (Å²) in [5.74, 6) is -1.58. The van der Waals surface area contributed by atoms with E-state index < -0.39 is 11.9 Å². The van der Waals surface area contributed by atoms with Gasteiger partial charge < -0.3 is 15.0 Å². The lowest BCUT2D eigenvalue weighted by molar-refractivity contribution is -0.151. The molecule has 0 unspecified atom stereocenters. The third-order valence-corrected chi connectivity index (χ3v) is 5.14. The quantitative estimate of drug-likeness (QED) is 0.731. The van der Waals surface area contributed by atoms with Gasteiger partial charge in [0.1, 0.15) is 0 Å². The Morgan fingerprint density at radius 1 is 1.03 bits per heavy atom. The number of esters is 1. The van der Waals surface area contributed by atoms with E-state index in [4.69, 9.17) is 4.74 Å². The van der Waals surface area contributed by atoms with Crippen molar-refractivity contribution in [2.24, 2.45) is 5.92 Å². The van der Waals surface area contributed by atoms with Crippen LogP contribution in [0.15, 0.2) is 48.5 Å². The molecule has 0 spiro atoms. The number of anilines is 2. The standard InChI is InChI=1S/C23H26N2O4/c1-3-16-9-8-10-17(4-2)22(16)24-20(26)15-29-23(28)18-13-21(27)25(14-18)19-11-6-5-7-12-19/h5-12,18H,3-4,13-15H2,1-2H3,(H,24,26)/t18-/m1/s1. The largest absolute Gasteiger partial charge is 0.455 e. The van der Waals surface area contributed by atoms with Gasteiger partial charge in [0, 0.05) is 24.3 Å². The third kappa shape index (κ3) is 4.83. The first-order valence-corrected chi connectivity index (χ1v) is 9.96. The molecule has 1 aliphatic heterocycles. The minimum atomic E-state index is -0.565. The zero-order chi connectivity index (χ0) is 20.8. The summed E-state index contributed by atoms with van der Waals surface area (Å²) in [4.78, 5) is 38.6.